The highest BCUT2D eigenvalue weighted by Gasteiger charge is 2.25. The topological polar surface area (TPSA) is 181 Å². The average Bonchev–Trinajstić information content (AvgIpc) is 3.74. The van der Waals surface area contributed by atoms with Crippen LogP contribution in [0.1, 0.15) is 47.6 Å². The molecule has 1 aromatic carbocycles. The van der Waals surface area contributed by atoms with Crippen LogP contribution >= 0.6 is 22.7 Å². The number of carbonyl (C=O) groups excluding carboxylic acids is 2. The summed E-state index contributed by atoms with van der Waals surface area (Å²) in [6, 6.07) is 10.9. The van der Waals surface area contributed by atoms with Gasteiger partial charge in [-0.15, -0.1) is 22.7 Å². The molecule has 5 N–H and O–H groups in total. The number of hydrogen-bond acceptors (Lipinski definition) is 12. The second-order valence-electron chi connectivity index (χ2n) is 10.4. The van der Waals surface area contributed by atoms with E-state index < -0.39 is 27.9 Å². The van der Waals surface area contributed by atoms with Crippen LogP contribution in [0.25, 0.3) is 0 Å². The zero-order valence-electron chi connectivity index (χ0n) is 26.3. The predicted molar refractivity (Wildman–Crippen MR) is 187 cm³/mol. The summed E-state index contributed by atoms with van der Waals surface area (Å²) in [6.07, 6.45) is 4.29. The number of methoxy groups -OCH3 is 1. The second kappa shape index (κ2) is 16.9. The number of ether oxygens (including phenoxy) is 1. The van der Waals surface area contributed by atoms with E-state index in [2.05, 4.69) is 37.2 Å². The molecule has 0 aliphatic heterocycles. The van der Waals surface area contributed by atoms with Crippen LogP contribution in [-0.2, 0) is 32.6 Å². The van der Waals surface area contributed by atoms with Gasteiger partial charge in [0.05, 0.1) is 35.8 Å². The summed E-state index contributed by atoms with van der Waals surface area (Å²) < 4.78 is 34.1. The Morgan fingerprint density at radius 2 is 1.94 bits per heavy atom. The molecule has 0 aliphatic rings. The number of nitrogens with zero attached hydrogens (tertiary/aromatic N) is 4. The number of nitrogens with two attached hydrogens (primary N) is 1. The number of thiophene rings is 1. The van der Waals surface area contributed by atoms with E-state index in [0.717, 1.165) is 40.8 Å². The van der Waals surface area contributed by atoms with Crippen molar-refractivity contribution in [1.29, 1.82) is 0 Å². The first-order valence-corrected chi connectivity index (χ1v) is 18.0. The Labute approximate surface area is 282 Å². The predicted octanol–water partition coefficient (Wildman–Crippen LogP) is 4.47. The fourth-order valence-electron chi connectivity index (χ4n) is 4.45. The molecule has 3 aromatic heterocycles. The molecule has 0 spiro atoms. The maximum Gasteiger partial charge on any atom is 0.328 e. The fraction of sp³-hybridized carbons (Fsp3) is 0.323. The van der Waals surface area contributed by atoms with Crippen molar-refractivity contribution in [1.82, 2.24) is 15.3 Å². The molecule has 1 amide bonds. The first-order valence-electron chi connectivity index (χ1n) is 14.8. The lowest BCUT2D eigenvalue weighted by Gasteiger charge is -2.19. The van der Waals surface area contributed by atoms with Crippen LogP contribution in [0.4, 0.5) is 16.5 Å². The fourth-order valence-corrected chi connectivity index (χ4v) is 7.27. The Morgan fingerprint density at radius 1 is 1.15 bits per heavy atom. The molecule has 16 heteroatoms. The molecule has 3 heterocycles. The minimum Gasteiger partial charge on any atom is -0.467 e. The van der Waals surface area contributed by atoms with Crippen molar-refractivity contribution < 1.29 is 22.7 Å². The molecular weight excluding hydrogens is 661 g/mol. The number of benzene rings is 1. The van der Waals surface area contributed by atoms with E-state index in [1.54, 1.807) is 48.2 Å². The van der Waals surface area contributed by atoms with E-state index in [1.807, 2.05) is 17.5 Å². The minimum absolute atomic E-state index is 0.0109. The van der Waals surface area contributed by atoms with E-state index in [9.17, 15) is 18.0 Å². The number of aliphatic imine (C=N–C) groups is 1. The number of amidine groups is 1. The van der Waals surface area contributed by atoms with E-state index in [0.29, 0.717) is 31.0 Å². The van der Waals surface area contributed by atoms with Gasteiger partial charge < -0.3 is 26.0 Å². The summed E-state index contributed by atoms with van der Waals surface area (Å²) in [4.78, 5) is 40.7. The molecule has 0 unspecified atom stereocenters. The van der Waals surface area contributed by atoms with Crippen LogP contribution in [0.2, 0.25) is 0 Å². The summed E-state index contributed by atoms with van der Waals surface area (Å²) in [6.45, 7) is 6.03. The van der Waals surface area contributed by atoms with Crippen molar-refractivity contribution in [2.24, 2.45) is 10.7 Å². The molecule has 0 saturated heterocycles. The third-order valence-electron chi connectivity index (χ3n) is 6.85. The maximum absolute atomic E-state index is 13.4. The molecule has 0 fully saturated rings. The highest BCUT2D eigenvalue weighted by molar-refractivity contribution is 7.92. The molecule has 0 aliphatic carbocycles. The molecule has 4 rings (SSSR count). The molecule has 0 radical (unpaired) electrons. The monoisotopic (exact) mass is 698 g/mol. The van der Waals surface area contributed by atoms with Gasteiger partial charge in [0.1, 0.15) is 10.9 Å². The Bertz CT molecular complexity index is 1770. The summed E-state index contributed by atoms with van der Waals surface area (Å²) in [5, 5.41) is 10.4. The van der Waals surface area contributed by atoms with Crippen LogP contribution in [0.3, 0.4) is 0 Å². The maximum atomic E-state index is 13.4. The number of sulfonamides is 1. The van der Waals surface area contributed by atoms with E-state index in [-0.39, 0.29) is 21.9 Å². The van der Waals surface area contributed by atoms with Crippen LogP contribution in [0, 0.1) is 0 Å². The number of aromatic nitrogens is 2. The van der Waals surface area contributed by atoms with E-state index in [4.69, 9.17) is 15.5 Å². The zero-order chi connectivity index (χ0) is 33.8. The third kappa shape index (κ3) is 10.2. The van der Waals surface area contributed by atoms with Crippen LogP contribution in [0.15, 0.2) is 75.5 Å². The van der Waals surface area contributed by atoms with Gasteiger partial charge in [-0.2, -0.15) is 0 Å². The number of anilines is 3. The van der Waals surface area contributed by atoms with Crippen molar-refractivity contribution in [3.05, 3.63) is 81.8 Å². The highest BCUT2D eigenvalue weighted by Crippen LogP contribution is 2.27. The van der Waals surface area contributed by atoms with Crippen molar-refractivity contribution in [2.45, 2.75) is 50.7 Å². The van der Waals surface area contributed by atoms with Gasteiger partial charge in [-0.1, -0.05) is 6.07 Å². The first-order chi connectivity index (χ1) is 22.6. The van der Waals surface area contributed by atoms with Crippen molar-refractivity contribution in [3.63, 3.8) is 0 Å². The Balaban J connectivity index is 1.38. The highest BCUT2D eigenvalue weighted by atomic mass is 32.2. The average molecular weight is 699 g/mol. The van der Waals surface area contributed by atoms with E-state index in [1.165, 1.54) is 25.3 Å². The lowest BCUT2D eigenvalue weighted by Crippen LogP contribution is -2.41. The molecule has 250 valence electrons. The summed E-state index contributed by atoms with van der Waals surface area (Å²) in [7, 11) is -2.83. The number of hydrogen-bond donors (Lipinski definition) is 4. The number of pyridine rings is 1. The Hall–Kier alpha value is -4.54. The summed E-state index contributed by atoms with van der Waals surface area (Å²) in [5.74, 6) is -0.797. The number of esters is 1. The van der Waals surface area contributed by atoms with Crippen LogP contribution in [-0.4, -0.2) is 62.3 Å². The normalized spacial score (nSPS) is 12.3. The number of carbonyl (C=O) groups is 2. The molecule has 0 saturated carbocycles. The first kappa shape index (κ1) is 35.3. The third-order valence-corrected chi connectivity index (χ3v) is 10.1. The van der Waals surface area contributed by atoms with Crippen molar-refractivity contribution in [2.75, 3.05) is 35.1 Å². The van der Waals surface area contributed by atoms with Crippen LogP contribution in [0.5, 0.6) is 0 Å². The zero-order valence-corrected chi connectivity index (χ0v) is 28.8. The number of nitrogens with one attached hydrogen (secondary N) is 3. The molecule has 1 atom stereocenters. The number of rotatable bonds is 17. The smallest absolute Gasteiger partial charge is 0.328 e. The molecule has 0 bridgehead atoms. The van der Waals surface area contributed by atoms with Gasteiger partial charge in [-0.3, -0.25) is 19.5 Å². The quantitative estimate of drug-likeness (QED) is 0.0532. The molecular formula is C31H38N8O5S3. The number of thiazole rings is 1. The number of amides is 1. The standard InChI is InChI=1S/C31H38N8O5S3/c1-4-39(19-22-10-14-33-15-11-22)31-36-24(20-46-31)18-35-23-7-5-8-25(17-23)47(42,43)38-26-12-16-45-28(26)29(40)37-27(30(41)44-3)9-6-13-34-21(2)32/h5,7-8,10-12,14-17,20,27,35,38H,4,6,9,13,18-19H2,1-3H3,(H2,32,34)(H,37,40)/t27-/m0/s1. The van der Waals surface area contributed by atoms with Gasteiger partial charge in [-0.25, -0.2) is 18.2 Å². The lowest BCUT2D eigenvalue weighted by molar-refractivity contribution is -0.143. The van der Waals surface area contributed by atoms with Gasteiger partial charge in [0.25, 0.3) is 15.9 Å². The summed E-state index contributed by atoms with van der Waals surface area (Å²) >= 11 is 2.60. The molecule has 47 heavy (non-hydrogen) atoms. The van der Waals surface area contributed by atoms with Crippen molar-refractivity contribution >= 4 is 66.9 Å². The van der Waals surface area contributed by atoms with Gasteiger partial charge in [0.2, 0.25) is 0 Å². The van der Waals surface area contributed by atoms with Gasteiger partial charge in [-0.05, 0) is 74.0 Å². The second-order valence-corrected chi connectivity index (χ2v) is 13.8. The van der Waals surface area contributed by atoms with Gasteiger partial charge in [0, 0.05) is 43.1 Å². The minimum atomic E-state index is -4.07. The van der Waals surface area contributed by atoms with Crippen molar-refractivity contribution in [3.8, 4) is 0 Å². The lowest BCUT2D eigenvalue weighted by atomic mass is 10.1. The SMILES string of the molecule is CCN(Cc1ccncc1)c1nc(CNc2cccc(S(=O)(=O)Nc3ccsc3C(=O)N[C@@H](CCCN=C(C)N)C(=O)OC)c2)cs1. The van der Waals surface area contributed by atoms with Gasteiger partial charge >= 0.3 is 5.97 Å². The largest absolute Gasteiger partial charge is 0.467 e. The summed E-state index contributed by atoms with van der Waals surface area (Å²) in [5.41, 5.74) is 8.21. The molecule has 4 aromatic rings. The Kier molecular flexibility index (Phi) is 12.7. The Morgan fingerprint density at radius 3 is 2.66 bits per heavy atom. The van der Waals surface area contributed by atoms with E-state index >= 15 is 0 Å². The van der Waals surface area contributed by atoms with Gasteiger partial charge in [0.15, 0.2) is 5.13 Å². The van der Waals surface area contributed by atoms with Crippen LogP contribution < -0.4 is 26.0 Å². The molecule has 13 nitrogen and oxygen atoms in total.